The zero-order valence-electron chi connectivity index (χ0n) is 23.7. The van der Waals surface area contributed by atoms with E-state index in [9.17, 15) is 9.59 Å². The van der Waals surface area contributed by atoms with Gasteiger partial charge in [-0.25, -0.2) is 9.79 Å². The molecule has 0 bridgehead atoms. The fourth-order valence-electron chi connectivity index (χ4n) is 5.17. The summed E-state index contributed by atoms with van der Waals surface area (Å²) in [7, 11) is 0. The molecule has 216 valence electrons. The number of aromatic nitrogens is 1. The van der Waals surface area contributed by atoms with E-state index in [1.165, 1.54) is 17.8 Å². The molecule has 0 saturated carbocycles. The number of rotatable bonds is 10. The molecule has 0 radical (unpaired) electrons. The molecule has 2 aromatic heterocycles. The van der Waals surface area contributed by atoms with Crippen molar-refractivity contribution in [3.05, 3.63) is 85.3 Å². The van der Waals surface area contributed by atoms with Crippen LogP contribution in [0.2, 0.25) is 0 Å². The molecule has 2 aliphatic heterocycles. The summed E-state index contributed by atoms with van der Waals surface area (Å²) in [6.07, 6.45) is 6.92. The largest absolute Gasteiger partial charge is 0.490 e. The highest BCUT2D eigenvalue weighted by Crippen LogP contribution is 2.36. The summed E-state index contributed by atoms with van der Waals surface area (Å²) >= 11 is 1.26. The Morgan fingerprint density at radius 2 is 1.93 bits per heavy atom. The molecule has 4 heterocycles. The first-order valence-electron chi connectivity index (χ1n) is 14.0. The second-order valence-corrected chi connectivity index (χ2v) is 10.8. The molecule has 1 atom stereocenters. The van der Waals surface area contributed by atoms with Crippen molar-refractivity contribution in [2.75, 3.05) is 37.8 Å². The molecule has 0 spiro atoms. The summed E-state index contributed by atoms with van der Waals surface area (Å²) < 4.78 is 25.2. The zero-order chi connectivity index (χ0) is 28.9. The fourth-order valence-corrected chi connectivity index (χ4v) is 6.20. The molecule has 41 heavy (non-hydrogen) atoms. The number of ether oxygens (including phenoxy) is 3. The predicted molar refractivity (Wildman–Crippen MR) is 158 cm³/mol. The van der Waals surface area contributed by atoms with Gasteiger partial charge in [-0.2, -0.15) is 0 Å². The Bertz CT molecular complexity index is 1640. The van der Waals surface area contributed by atoms with Crippen LogP contribution in [-0.4, -0.2) is 43.4 Å². The van der Waals surface area contributed by atoms with Gasteiger partial charge in [-0.3, -0.25) is 9.36 Å². The van der Waals surface area contributed by atoms with E-state index < -0.39 is 12.0 Å². The number of carbonyl (C=O) groups excluding carboxylic acids is 1. The Morgan fingerprint density at radius 3 is 2.66 bits per heavy atom. The molecule has 9 nitrogen and oxygen atoms in total. The Morgan fingerprint density at radius 1 is 1.12 bits per heavy atom. The number of esters is 1. The van der Waals surface area contributed by atoms with E-state index >= 15 is 0 Å². The van der Waals surface area contributed by atoms with Crippen molar-refractivity contribution in [2.24, 2.45) is 4.99 Å². The van der Waals surface area contributed by atoms with Crippen molar-refractivity contribution in [3.63, 3.8) is 0 Å². The standard InChI is InChI=1S/C31H35N3O6S/c1-5-17-39-23-13-11-21(18-24(23)37-6-2)28-27(30(36)38-7-3)20(4)32-31-34(28)29(35)25(41-31)19-22-12-14-26(40-22)33-15-9-8-10-16-33/h5,11-14,18-19,28H,1,6-10,15-17H2,2-4H3/b25-19+. The van der Waals surface area contributed by atoms with E-state index in [0.29, 0.717) is 56.6 Å². The average molecular weight is 578 g/mol. The third-order valence-electron chi connectivity index (χ3n) is 7.01. The van der Waals surface area contributed by atoms with E-state index in [4.69, 9.17) is 18.6 Å². The Labute approximate surface area is 242 Å². The lowest BCUT2D eigenvalue weighted by atomic mass is 9.95. The van der Waals surface area contributed by atoms with Gasteiger partial charge in [0.2, 0.25) is 0 Å². The molecule has 10 heteroatoms. The minimum absolute atomic E-state index is 0.198. The topological polar surface area (TPSA) is 95.5 Å². The molecular weight excluding hydrogens is 542 g/mol. The number of furan rings is 1. The number of fused-ring (bicyclic) bond motifs is 1. The third kappa shape index (κ3) is 5.88. The minimum Gasteiger partial charge on any atom is -0.490 e. The maximum absolute atomic E-state index is 14.0. The number of hydrogen-bond donors (Lipinski definition) is 0. The lowest BCUT2D eigenvalue weighted by Crippen LogP contribution is -2.40. The van der Waals surface area contributed by atoms with Gasteiger partial charge < -0.3 is 23.5 Å². The van der Waals surface area contributed by atoms with Gasteiger partial charge >= 0.3 is 5.97 Å². The van der Waals surface area contributed by atoms with Gasteiger partial charge in [0, 0.05) is 25.2 Å². The summed E-state index contributed by atoms with van der Waals surface area (Å²) in [6.45, 7) is 12.0. The molecule has 3 aromatic rings. The number of thiazole rings is 1. The summed E-state index contributed by atoms with van der Waals surface area (Å²) in [5.74, 6) is 1.94. The summed E-state index contributed by atoms with van der Waals surface area (Å²) in [6, 6.07) is 8.48. The monoisotopic (exact) mass is 577 g/mol. The fraction of sp³-hybridized carbons (Fsp3) is 0.387. The molecule has 2 aliphatic rings. The lowest BCUT2D eigenvalue weighted by Gasteiger charge is -2.25. The second kappa shape index (κ2) is 12.6. The van der Waals surface area contributed by atoms with Crippen LogP contribution in [0.4, 0.5) is 5.88 Å². The van der Waals surface area contributed by atoms with Crippen LogP contribution in [0.3, 0.4) is 0 Å². The van der Waals surface area contributed by atoms with E-state index in [-0.39, 0.29) is 12.2 Å². The maximum Gasteiger partial charge on any atom is 0.338 e. The van der Waals surface area contributed by atoms with Crippen LogP contribution in [0, 0.1) is 0 Å². The quantitative estimate of drug-likeness (QED) is 0.261. The van der Waals surface area contributed by atoms with Crippen LogP contribution in [0.15, 0.2) is 68.5 Å². The molecule has 0 amide bonds. The van der Waals surface area contributed by atoms with E-state index in [1.807, 2.05) is 25.1 Å². The predicted octanol–water partition coefficient (Wildman–Crippen LogP) is 4.35. The van der Waals surface area contributed by atoms with Gasteiger partial charge in [0.1, 0.15) is 12.4 Å². The highest BCUT2D eigenvalue weighted by Gasteiger charge is 2.34. The van der Waals surface area contributed by atoms with Crippen LogP contribution in [0.5, 0.6) is 11.5 Å². The molecular formula is C31H35N3O6S. The number of benzene rings is 1. The summed E-state index contributed by atoms with van der Waals surface area (Å²) in [5, 5.41) is 0. The summed E-state index contributed by atoms with van der Waals surface area (Å²) in [4.78, 5) is 34.6. The Hall–Kier alpha value is -4.05. The maximum atomic E-state index is 14.0. The molecule has 0 aliphatic carbocycles. The van der Waals surface area contributed by atoms with Gasteiger partial charge in [-0.1, -0.05) is 30.1 Å². The van der Waals surface area contributed by atoms with Gasteiger partial charge in [0.15, 0.2) is 22.2 Å². The number of carbonyl (C=O) groups is 1. The van der Waals surface area contributed by atoms with Gasteiger partial charge in [0.25, 0.3) is 5.56 Å². The highest BCUT2D eigenvalue weighted by molar-refractivity contribution is 7.07. The Balaban J connectivity index is 1.61. The molecule has 1 unspecified atom stereocenters. The Kier molecular flexibility index (Phi) is 8.78. The van der Waals surface area contributed by atoms with Crippen molar-refractivity contribution >= 4 is 29.3 Å². The molecule has 1 fully saturated rings. The van der Waals surface area contributed by atoms with Crippen LogP contribution in [-0.2, 0) is 9.53 Å². The third-order valence-corrected chi connectivity index (χ3v) is 7.99. The SMILES string of the molecule is C=CCOc1ccc(C2C(C(=O)OCC)=C(C)N=c3s/c(=C/c4ccc(N5CCCCC5)o4)c(=O)n32)cc1OCC. The lowest BCUT2D eigenvalue weighted by molar-refractivity contribution is -0.139. The number of nitrogens with zero attached hydrogens (tertiary/aromatic N) is 3. The smallest absolute Gasteiger partial charge is 0.338 e. The average Bonchev–Trinajstić information content (AvgIpc) is 3.56. The van der Waals surface area contributed by atoms with Crippen molar-refractivity contribution in [2.45, 2.75) is 46.1 Å². The van der Waals surface area contributed by atoms with Gasteiger partial charge in [-0.05, 0) is 63.8 Å². The highest BCUT2D eigenvalue weighted by atomic mass is 32.1. The van der Waals surface area contributed by atoms with E-state index in [0.717, 1.165) is 31.8 Å². The van der Waals surface area contributed by atoms with Crippen molar-refractivity contribution in [1.29, 1.82) is 0 Å². The van der Waals surface area contributed by atoms with Crippen LogP contribution < -0.4 is 29.3 Å². The molecule has 1 aromatic carbocycles. The first-order chi connectivity index (χ1) is 19.9. The minimum atomic E-state index is -0.763. The molecule has 5 rings (SSSR count). The normalized spacial score (nSPS) is 17.2. The van der Waals surface area contributed by atoms with Crippen molar-refractivity contribution < 1.29 is 23.4 Å². The number of anilines is 1. The first-order valence-corrected chi connectivity index (χ1v) is 14.8. The van der Waals surface area contributed by atoms with Gasteiger partial charge in [-0.15, -0.1) is 0 Å². The zero-order valence-corrected chi connectivity index (χ0v) is 24.5. The molecule has 0 N–H and O–H groups in total. The number of piperidine rings is 1. The number of hydrogen-bond acceptors (Lipinski definition) is 9. The van der Waals surface area contributed by atoms with E-state index in [2.05, 4.69) is 16.5 Å². The van der Waals surface area contributed by atoms with Crippen LogP contribution in [0.25, 0.3) is 6.08 Å². The van der Waals surface area contributed by atoms with Crippen LogP contribution in [0.1, 0.15) is 57.4 Å². The van der Waals surface area contributed by atoms with Crippen molar-refractivity contribution in [3.8, 4) is 11.5 Å². The van der Waals surface area contributed by atoms with Gasteiger partial charge in [0.05, 0.1) is 35.1 Å². The van der Waals surface area contributed by atoms with Crippen LogP contribution >= 0.6 is 11.3 Å². The van der Waals surface area contributed by atoms with Crippen molar-refractivity contribution in [1.82, 2.24) is 4.57 Å². The summed E-state index contributed by atoms with van der Waals surface area (Å²) in [5.41, 5.74) is 1.21. The van der Waals surface area contributed by atoms with E-state index in [1.54, 1.807) is 42.7 Å². The first kappa shape index (κ1) is 28.5. The second-order valence-electron chi connectivity index (χ2n) is 9.76. The number of allylic oxidation sites excluding steroid dienone is 1. The molecule has 1 saturated heterocycles.